The molecule has 4 rings (SSSR count). The summed E-state index contributed by atoms with van der Waals surface area (Å²) in [6.45, 7) is 9.14. The molecule has 27 heavy (non-hydrogen) atoms. The molecule has 1 N–H and O–H groups in total. The van der Waals surface area contributed by atoms with Gasteiger partial charge in [-0.1, -0.05) is 17.7 Å². The first-order valence-corrected chi connectivity index (χ1v) is 10.3. The topological polar surface area (TPSA) is 44.3 Å². The first kappa shape index (κ1) is 17.9. The molecule has 140 valence electrons. The van der Waals surface area contributed by atoms with Crippen LogP contribution >= 0.6 is 11.3 Å². The van der Waals surface area contributed by atoms with Gasteiger partial charge in [-0.3, -0.25) is 4.90 Å². The van der Waals surface area contributed by atoms with Crippen molar-refractivity contribution in [1.82, 2.24) is 14.9 Å². The van der Waals surface area contributed by atoms with Crippen LogP contribution in [0.3, 0.4) is 0 Å². The molecule has 6 heteroatoms. The van der Waals surface area contributed by atoms with E-state index < -0.39 is 0 Å². The monoisotopic (exact) mass is 379 g/mol. The summed E-state index contributed by atoms with van der Waals surface area (Å²) in [5.74, 6) is 1.67. The van der Waals surface area contributed by atoms with Crippen molar-refractivity contribution in [3.8, 4) is 0 Å². The molecule has 1 aliphatic heterocycles. The maximum Gasteiger partial charge on any atom is 0.227 e. The summed E-state index contributed by atoms with van der Waals surface area (Å²) in [6, 6.07) is 12.6. The summed E-state index contributed by atoms with van der Waals surface area (Å²) in [5, 5.41) is 7.79. The summed E-state index contributed by atoms with van der Waals surface area (Å²) in [7, 11) is 0. The van der Waals surface area contributed by atoms with Crippen molar-refractivity contribution in [3.05, 3.63) is 64.0 Å². The molecule has 0 amide bonds. The minimum absolute atomic E-state index is 0.819. The van der Waals surface area contributed by atoms with Gasteiger partial charge >= 0.3 is 0 Å². The van der Waals surface area contributed by atoms with Crippen LogP contribution in [0.1, 0.15) is 16.8 Å². The number of hydrogen-bond donors (Lipinski definition) is 1. The Bertz CT molecular complexity index is 868. The number of aromatic nitrogens is 2. The molecule has 1 fully saturated rings. The molecule has 0 aliphatic carbocycles. The van der Waals surface area contributed by atoms with E-state index in [1.165, 1.54) is 11.1 Å². The van der Waals surface area contributed by atoms with Gasteiger partial charge in [0, 0.05) is 50.2 Å². The molecule has 0 saturated carbocycles. The highest BCUT2D eigenvalue weighted by Gasteiger charge is 2.20. The zero-order chi connectivity index (χ0) is 18.6. The van der Waals surface area contributed by atoms with E-state index in [9.17, 15) is 0 Å². The molecular formula is C21H25N5S. The Hall–Kier alpha value is -2.44. The number of anilines is 3. The van der Waals surface area contributed by atoms with Crippen molar-refractivity contribution in [2.75, 3.05) is 36.4 Å². The molecule has 0 unspecified atom stereocenters. The van der Waals surface area contributed by atoms with E-state index in [0.717, 1.165) is 55.9 Å². The van der Waals surface area contributed by atoms with Crippen molar-refractivity contribution >= 4 is 28.8 Å². The zero-order valence-corrected chi connectivity index (χ0v) is 16.7. The first-order valence-electron chi connectivity index (χ1n) is 9.33. The van der Waals surface area contributed by atoms with Crippen LogP contribution in [0.2, 0.25) is 0 Å². The lowest BCUT2D eigenvalue weighted by atomic mass is 10.2. The van der Waals surface area contributed by atoms with E-state index in [0.29, 0.717) is 0 Å². The normalized spacial score (nSPS) is 15.1. The van der Waals surface area contributed by atoms with Crippen molar-refractivity contribution in [1.29, 1.82) is 0 Å². The molecule has 0 atom stereocenters. The van der Waals surface area contributed by atoms with Gasteiger partial charge in [0.25, 0.3) is 0 Å². The molecule has 3 aromatic rings. The van der Waals surface area contributed by atoms with Gasteiger partial charge in [0.1, 0.15) is 5.82 Å². The molecular weight excluding hydrogens is 354 g/mol. The van der Waals surface area contributed by atoms with E-state index in [-0.39, 0.29) is 0 Å². The smallest absolute Gasteiger partial charge is 0.227 e. The van der Waals surface area contributed by atoms with Crippen LogP contribution in [0, 0.1) is 13.8 Å². The molecule has 0 spiro atoms. The second kappa shape index (κ2) is 8.06. The Kier molecular flexibility index (Phi) is 5.36. The number of benzene rings is 1. The molecule has 0 radical (unpaired) electrons. The molecule has 1 saturated heterocycles. The average Bonchev–Trinajstić information content (AvgIpc) is 3.17. The Morgan fingerprint density at radius 3 is 2.48 bits per heavy atom. The van der Waals surface area contributed by atoms with Gasteiger partial charge in [-0.05, 0) is 48.4 Å². The van der Waals surface area contributed by atoms with Crippen molar-refractivity contribution in [3.63, 3.8) is 0 Å². The largest absolute Gasteiger partial charge is 0.340 e. The fourth-order valence-electron chi connectivity index (χ4n) is 3.29. The third-order valence-corrected chi connectivity index (χ3v) is 5.54. The highest BCUT2D eigenvalue weighted by Crippen LogP contribution is 2.20. The molecule has 1 aromatic carbocycles. The lowest BCUT2D eigenvalue weighted by molar-refractivity contribution is 0.249. The minimum Gasteiger partial charge on any atom is -0.340 e. The second-order valence-electron chi connectivity index (χ2n) is 7.08. The van der Waals surface area contributed by atoms with Gasteiger partial charge in [0.05, 0.1) is 0 Å². The fraction of sp³-hybridized carbons (Fsp3) is 0.333. The Morgan fingerprint density at radius 2 is 1.78 bits per heavy atom. The lowest BCUT2D eigenvalue weighted by Crippen LogP contribution is -2.46. The summed E-state index contributed by atoms with van der Waals surface area (Å²) in [4.78, 5) is 14.2. The highest BCUT2D eigenvalue weighted by atomic mass is 32.1. The number of hydrogen-bond acceptors (Lipinski definition) is 6. The van der Waals surface area contributed by atoms with Gasteiger partial charge in [0.2, 0.25) is 5.95 Å². The SMILES string of the molecule is Cc1ccc(Nc2cc(C)nc(N3CCN(Cc4ccsc4)CC3)n2)cc1. The molecule has 2 aromatic heterocycles. The van der Waals surface area contributed by atoms with Crippen LogP contribution in [0.15, 0.2) is 47.2 Å². The summed E-state index contributed by atoms with van der Waals surface area (Å²) in [6.07, 6.45) is 0. The molecule has 5 nitrogen and oxygen atoms in total. The third kappa shape index (κ3) is 4.64. The number of thiophene rings is 1. The van der Waals surface area contributed by atoms with E-state index in [2.05, 4.69) is 68.1 Å². The summed E-state index contributed by atoms with van der Waals surface area (Å²) in [5.41, 5.74) is 4.69. The number of aryl methyl sites for hydroxylation is 2. The second-order valence-corrected chi connectivity index (χ2v) is 7.86. The predicted molar refractivity (Wildman–Crippen MR) is 113 cm³/mol. The van der Waals surface area contributed by atoms with Crippen LogP contribution in [-0.2, 0) is 6.54 Å². The highest BCUT2D eigenvalue weighted by molar-refractivity contribution is 7.07. The Morgan fingerprint density at radius 1 is 1.00 bits per heavy atom. The number of rotatable bonds is 5. The van der Waals surface area contributed by atoms with Crippen LogP contribution in [0.25, 0.3) is 0 Å². The van der Waals surface area contributed by atoms with E-state index >= 15 is 0 Å². The molecule has 1 aliphatic rings. The maximum atomic E-state index is 4.76. The van der Waals surface area contributed by atoms with E-state index in [1.54, 1.807) is 11.3 Å². The summed E-state index contributed by atoms with van der Waals surface area (Å²) < 4.78 is 0. The molecule has 0 bridgehead atoms. The van der Waals surface area contributed by atoms with Crippen LogP contribution in [0.4, 0.5) is 17.5 Å². The number of nitrogens with zero attached hydrogens (tertiary/aromatic N) is 4. The zero-order valence-electron chi connectivity index (χ0n) is 15.9. The molecule has 3 heterocycles. The lowest BCUT2D eigenvalue weighted by Gasteiger charge is -2.34. The van der Waals surface area contributed by atoms with Gasteiger partial charge < -0.3 is 10.2 Å². The summed E-state index contributed by atoms with van der Waals surface area (Å²) >= 11 is 1.77. The van der Waals surface area contributed by atoms with Crippen LogP contribution < -0.4 is 10.2 Å². The maximum absolute atomic E-state index is 4.76. The van der Waals surface area contributed by atoms with Crippen LogP contribution in [-0.4, -0.2) is 41.0 Å². The van der Waals surface area contributed by atoms with Gasteiger partial charge in [-0.25, -0.2) is 4.98 Å². The van der Waals surface area contributed by atoms with Gasteiger partial charge in [0.15, 0.2) is 0 Å². The van der Waals surface area contributed by atoms with Crippen molar-refractivity contribution in [2.24, 2.45) is 0 Å². The van der Waals surface area contributed by atoms with Crippen LogP contribution in [0.5, 0.6) is 0 Å². The van der Waals surface area contributed by atoms with Crippen molar-refractivity contribution in [2.45, 2.75) is 20.4 Å². The van der Waals surface area contributed by atoms with Crippen molar-refractivity contribution < 1.29 is 0 Å². The van der Waals surface area contributed by atoms with Gasteiger partial charge in [-0.2, -0.15) is 16.3 Å². The first-order chi connectivity index (χ1) is 13.2. The Balaban J connectivity index is 1.41. The Labute approximate surface area is 164 Å². The quantitative estimate of drug-likeness (QED) is 0.719. The van der Waals surface area contributed by atoms with E-state index in [4.69, 9.17) is 4.98 Å². The third-order valence-electron chi connectivity index (χ3n) is 4.81. The minimum atomic E-state index is 0.819. The van der Waals surface area contributed by atoms with Gasteiger partial charge in [-0.15, -0.1) is 0 Å². The average molecular weight is 380 g/mol. The standard InChI is InChI=1S/C21H25N5S/c1-16-3-5-19(6-4-16)23-20-13-17(2)22-21(24-20)26-10-8-25(9-11-26)14-18-7-12-27-15-18/h3-7,12-13,15H,8-11,14H2,1-2H3,(H,22,23,24). The fourth-order valence-corrected chi connectivity index (χ4v) is 3.95. The number of piperazine rings is 1. The van der Waals surface area contributed by atoms with E-state index in [1.807, 2.05) is 13.0 Å². The predicted octanol–water partition coefficient (Wildman–Crippen LogP) is 4.22. The number of nitrogens with one attached hydrogen (secondary N) is 1.